The Kier molecular flexibility index (Phi) is 7.69. The molecule has 2 amide bonds. The minimum absolute atomic E-state index is 0. The van der Waals surface area contributed by atoms with E-state index < -0.39 is 0 Å². The molecule has 20 heavy (non-hydrogen) atoms. The highest BCUT2D eigenvalue weighted by Gasteiger charge is 2.27. The van der Waals surface area contributed by atoms with Gasteiger partial charge in [-0.25, -0.2) is 0 Å². The van der Waals surface area contributed by atoms with Crippen LogP contribution in [0.4, 0.5) is 0 Å². The topological polar surface area (TPSA) is 52.7 Å². The quantitative estimate of drug-likeness (QED) is 0.813. The summed E-state index contributed by atoms with van der Waals surface area (Å²) >= 11 is 1.59. The van der Waals surface area contributed by atoms with Gasteiger partial charge < -0.3 is 15.1 Å². The fourth-order valence-corrected chi connectivity index (χ4v) is 3.53. The van der Waals surface area contributed by atoms with E-state index in [1.165, 1.54) is 6.42 Å². The number of hydrogen-bond acceptors (Lipinski definition) is 4. The van der Waals surface area contributed by atoms with Crippen molar-refractivity contribution in [3.05, 3.63) is 0 Å². The number of thioether (sulfide) groups is 1. The molecule has 1 N–H and O–H groups in total. The highest BCUT2D eigenvalue weighted by Crippen LogP contribution is 2.21. The zero-order valence-electron chi connectivity index (χ0n) is 12.0. The number of hydrogen-bond donors (Lipinski definition) is 1. The molecule has 2 aliphatic heterocycles. The van der Waals surface area contributed by atoms with Gasteiger partial charge in [-0.05, 0) is 38.8 Å². The number of halogens is 1. The van der Waals surface area contributed by atoms with Crippen LogP contribution in [0.3, 0.4) is 0 Å². The molecule has 0 aliphatic carbocycles. The lowest BCUT2D eigenvalue weighted by atomic mass is 9.93. The predicted octanol–water partition coefficient (Wildman–Crippen LogP) is 0.789. The van der Waals surface area contributed by atoms with E-state index in [0.717, 1.165) is 38.4 Å². The molecule has 0 aromatic rings. The molecule has 7 heteroatoms. The lowest BCUT2D eigenvalue weighted by Crippen LogP contribution is -2.44. The number of carbonyl (C=O) groups excluding carboxylic acids is 2. The van der Waals surface area contributed by atoms with Gasteiger partial charge >= 0.3 is 0 Å². The Labute approximate surface area is 131 Å². The summed E-state index contributed by atoms with van der Waals surface area (Å²) in [6.07, 6.45) is 3.38. The van der Waals surface area contributed by atoms with Crippen LogP contribution in [0.1, 0.15) is 19.3 Å². The fraction of sp³-hybridized carbons (Fsp3) is 0.846. The first-order valence-electron chi connectivity index (χ1n) is 6.98. The van der Waals surface area contributed by atoms with E-state index in [1.807, 2.05) is 11.9 Å². The third-order valence-corrected chi connectivity index (χ3v) is 4.87. The smallest absolute Gasteiger partial charge is 0.242 e. The average molecular weight is 322 g/mol. The average Bonchev–Trinajstić information content (AvgIpc) is 2.82. The van der Waals surface area contributed by atoms with Crippen LogP contribution in [0.5, 0.6) is 0 Å². The molecule has 0 unspecified atom stereocenters. The summed E-state index contributed by atoms with van der Waals surface area (Å²) in [5.41, 5.74) is 0. The third-order valence-electron chi connectivity index (χ3n) is 3.92. The van der Waals surface area contributed by atoms with Gasteiger partial charge in [0.2, 0.25) is 11.8 Å². The van der Waals surface area contributed by atoms with Crippen molar-refractivity contribution < 1.29 is 9.59 Å². The minimum Gasteiger partial charge on any atom is -0.341 e. The van der Waals surface area contributed by atoms with Crippen LogP contribution in [0, 0.1) is 5.92 Å². The highest BCUT2D eigenvalue weighted by atomic mass is 35.5. The van der Waals surface area contributed by atoms with Gasteiger partial charge in [0.25, 0.3) is 0 Å². The molecule has 2 fully saturated rings. The van der Waals surface area contributed by atoms with Crippen LogP contribution < -0.4 is 5.32 Å². The molecular weight excluding hydrogens is 298 g/mol. The molecule has 2 rings (SSSR count). The van der Waals surface area contributed by atoms with E-state index >= 15 is 0 Å². The second kappa shape index (κ2) is 8.74. The van der Waals surface area contributed by atoms with Crippen molar-refractivity contribution in [2.75, 3.05) is 44.9 Å². The van der Waals surface area contributed by atoms with Crippen molar-refractivity contribution in [3.63, 3.8) is 0 Å². The Morgan fingerprint density at radius 1 is 1.40 bits per heavy atom. The van der Waals surface area contributed by atoms with E-state index in [0.29, 0.717) is 11.6 Å². The zero-order chi connectivity index (χ0) is 13.7. The van der Waals surface area contributed by atoms with E-state index in [1.54, 1.807) is 16.7 Å². The van der Waals surface area contributed by atoms with Crippen LogP contribution in [-0.4, -0.2) is 66.5 Å². The second-order valence-electron chi connectivity index (χ2n) is 5.29. The summed E-state index contributed by atoms with van der Waals surface area (Å²) in [7, 11) is 1.98. The zero-order valence-corrected chi connectivity index (χ0v) is 13.6. The molecule has 0 spiro atoms. The molecule has 2 heterocycles. The first-order chi connectivity index (χ1) is 9.20. The monoisotopic (exact) mass is 321 g/mol. The van der Waals surface area contributed by atoms with Gasteiger partial charge in [-0.15, -0.1) is 24.2 Å². The Bertz CT molecular complexity index is 336. The standard InChI is InChI=1S/C13H23N3O2S.ClH/c1-14-5-2-11-3-6-15(7-4-11)12(17)8-16-10-19-9-13(16)18;/h11,14H,2-10H2,1H3;1H. The molecule has 0 bridgehead atoms. The van der Waals surface area contributed by atoms with Crippen molar-refractivity contribution in [2.45, 2.75) is 19.3 Å². The van der Waals surface area contributed by atoms with Crippen molar-refractivity contribution in [1.29, 1.82) is 0 Å². The van der Waals surface area contributed by atoms with E-state index in [4.69, 9.17) is 0 Å². The normalized spacial score (nSPS) is 20.1. The first kappa shape index (κ1) is 17.6. The van der Waals surface area contributed by atoms with Crippen LogP contribution in [0.15, 0.2) is 0 Å². The molecule has 0 atom stereocenters. The van der Waals surface area contributed by atoms with Crippen LogP contribution in [0.2, 0.25) is 0 Å². The Balaban J connectivity index is 0.00000200. The summed E-state index contributed by atoms with van der Waals surface area (Å²) in [6.45, 7) is 3.02. The van der Waals surface area contributed by atoms with Gasteiger partial charge in [0.15, 0.2) is 0 Å². The maximum atomic E-state index is 12.1. The molecule has 2 saturated heterocycles. The van der Waals surface area contributed by atoms with Gasteiger partial charge in [-0.2, -0.15) is 0 Å². The first-order valence-corrected chi connectivity index (χ1v) is 8.14. The molecule has 0 radical (unpaired) electrons. The summed E-state index contributed by atoms with van der Waals surface area (Å²) < 4.78 is 0. The second-order valence-corrected chi connectivity index (χ2v) is 6.24. The van der Waals surface area contributed by atoms with E-state index in [2.05, 4.69) is 5.32 Å². The van der Waals surface area contributed by atoms with E-state index in [9.17, 15) is 9.59 Å². The Hall–Kier alpha value is -0.460. The lowest BCUT2D eigenvalue weighted by Gasteiger charge is -2.33. The molecule has 0 saturated carbocycles. The summed E-state index contributed by atoms with van der Waals surface area (Å²) in [5, 5.41) is 3.18. The number of carbonyl (C=O) groups is 2. The SMILES string of the molecule is CNCCC1CCN(C(=O)CN2CSCC2=O)CC1.Cl. The van der Waals surface area contributed by atoms with Crippen LogP contribution >= 0.6 is 24.2 Å². The molecular formula is C13H24ClN3O2S. The molecule has 116 valence electrons. The van der Waals surface area contributed by atoms with Crippen molar-refractivity contribution in [1.82, 2.24) is 15.1 Å². The van der Waals surface area contributed by atoms with E-state index in [-0.39, 0.29) is 30.8 Å². The molecule has 5 nitrogen and oxygen atoms in total. The maximum Gasteiger partial charge on any atom is 0.242 e. The van der Waals surface area contributed by atoms with Gasteiger partial charge in [0.05, 0.1) is 11.6 Å². The predicted molar refractivity (Wildman–Crippen MR) is 84.1 cm³/mol. The van der Waals surface area contributed by atoms with Gasteiger partial charge in [0, 0.05) is 13.1 Å². The van der Waals surface area contributed by atoms with Gasteiger partial charge in [-0.3, -0.25) is 9.59 Å². The van der Waals surface area contributed by atoms with Crippen molar-refractivity contribution >= 4 is 36.0 Å². The van der Waals surface area contributed by atoms with Gasteiger partial charge in [0.1, 0.15) is 6.54 Å². The number of nitrogens with one attached hydrogen (secondary N) is 1. The molecule has 0 aromatic heterocycles. The largest absolute Gasteiger partial charge is 0.341 e. The van der Waals surface area contributed by atoms with Gasteiger partial charge in [-0.1, -0.05) is 0 Å². The lowest BCUT2D eigenvalue weighted by molar-refractivity contribution is -0.138. The summed E-state index contributed by atoms with van der Waals surface area (Å²) in [6, 6.07) is 0. The number of piperidine rings is 1. The minimum atomic E-state index is 0. The summed E-state index contributed by atoms with van der Waals surface area (Å²) in [5.74, 6) is 2.15. The number of amides is 2. The highest BCUT2D eigenvalue weighted by molar-refractivity contribution is 8.00. The number of nitrogens with zero attached hydrogens (tertiary/aromatic N) is 2. The van der Waals surface area contributed by atoms with Crippen LogP contribution in [0.25, 0.3) is 0 Å². The number of rotatable bonds is 5. The van der Waals surface area contributed by atoms with Crippen molar-refractivity contribution in [3.8, 4) is 0 Å². The molecule has 2 aliphatic rings. The number of likely N-dealkylation sites (tertiary alicyclic amines) is 1. The van der Waals surface area contributed by atoms with Crippen molar-refractivity contribution in [2.24, 2.45) is 5.92 Å². The molecule has 0 aromatic carbocycles. The fourth-order valence-electron chi connectivity index (χ4n) is 2.62. The third kappa shape index (κ3) is 4.82. The Morgan fingerprint density at radius 3 is 2.65 bits per heavy atom. The maximum absolute atomic E-state index is 12.1. The summed E-state index contributed by atoms with van der Waals surface area (Å²) in [4.78, 5) is 27.2. The Morgan fingerprint density at radius 2 is 2.10 bits per heavy atom. The van der Waals surface area contributed by atoms with Crippen LogP contribution in [-0.2, 0) is 9.59 Å².